The molecule has 0 fully saturated rings. The standard InChI is InChI=1S/C17H21N5O3S/c1-21-6-5-19-16(21)9-18-8-12-10-25-11-17-20-14-7-13(26(2,23)24)3-4-15(14)22(12)17/h3-7,12,18H,8-11H2,1-2H3/t12-/m0/s1. The van der Waals surface area contributed by atoms with Crippen LogP contribution in [0.15, 0.2) is 35.5 Å². The van der Waals surface area contributed by atoms with Crippen molar-refractivity contribution in [1.82, 2.24) is 24.4 Å². The van der Waals surface area contributed by atoms with Crippen molar-refractivity contribution in [3.8, 4) is 0 Å². The Hall–Kier alpha value is -2.23. The third-order valence-corrected chi connectivity index (χ3v) is 5.76. The average Bonchev–Trinajstić information content (AvgIpc) is 3.17. The van der Waals surface area contributed by atoms with Crippen molar-refractivity contribution >= 4 is 20.9 Å². The summed E-state index contributed by atoms with van der Waals surface area (Å²) in [6.07, 6.45) is 4.90. The van der Waals surface area contributed by atoms with Crippen LogP contribution in [0.2, 0.25) is 0 Å². The maximum absolute atomic E-state index is 11.8. The van der Waals surface area contributed by atoms with E-state index in [1.807, 2.05) is 23.9 Å². The molecule has 138 valence electrons. The topological polar surface area (TPSA) is 91.0 Å². The van der Waals surface area contributed by atoms with Crippen molar-refractivity contribution in [2.75, 3.05) is 19.4 Å². The van der Waals surface area contributed by atoms with Gasteiger partial charge in [0.2, 0.25) is 0 Å². The molecule has 1 atom stereocenters. The van der Waals surface area contributed by atoms with Crippen molar-refractivity contribution in [2.24, 2.45) is 7.05 Å². The molecule has 8 nitrogen and oxygen atoms in total. The second kappa shape index (κ2) is 6.49. The molecule has 3 aromatic rings. The van der Waals surface area contributed by atoms with E-state index in [2.05, 4.69) is 19.9 Å². The first-order valence-corrected chi connectivity index (χ1v) is 10.3. The van der Waals surface area contributed by atoms with E-state index >= 15 is 0 Å². The summed E-state index contributed by atoms with van der Waals surface area (Å²) < 4.78 is 33.4. The number of nitrogens with one attached hydrogen (secondary N) is 1. The molecule has 26 heavy (non-hydrogen) atoms. The van der Waals surface area contributed by atoms with Crippen LogP contribution >= 0.6 is 0 Å². The van der Waals surface area contributed by atoms with E-state index in [1.54, 1.807) is 18.3 Å². The van der Waals surface area contributed by atoms with Gasteiger partial charge in [0.25, 0.3) is 0 Å². The van der Waals surface area contributed by atoms with Crippen LogP contribution in [-0.4, -0.2) is 46.9 Å². The predicted molar refractivity (Wildman–Crippen MR) is 96.5 cm³/mol. The van der Waals surface area contributed by atoms with Crippen molar-refractivity contribution in [2.45, 2.75) is 24.1 Å². The number of ether oxygens (including phenoxy) is 1. The third-order valence-electron chi connectivity index (χ3n) is 4.65. The molecule has 9 heteroatoms. The Labute approximate surface area is 151 Å². The van der Waals surface area contributed by atoms with E-state index in [9.17, 15) is 8.42 Å². The monoisotopic (exact) mass is 375 g/mol. The Balaban J connectivity index is 1.59. The molecule has 0 saturated carbocycles. The van der Waals surface area contributed by atoms with Gasteiger partial charge in [-0.25, -0.2) is 18.4 Å². The first-order chi connectivity index (χ1) is 12.4. The summed E-state index contributed by atoms with van der Waals surface area (Å²) in [5.41, 5.74) is 1.61. The molecule has 2 aromatic heterocycles. The van der Waals surface area contributed by atoms with Crippen molar-refractivity contribution in [3.63, 3.8) is 0 Å². The molecule has 3 heterocycles. The maximum atomic E-state index is 11.8. The summed E-state index contributed by atoms with van der Waals surface area (Å²) >= 11 is 0. The van der Waals surface area contributed by atoms with Crippen LogP contribution < -0.4 is 5.32 Å². The first kappa shape index (κ1) is 17.2. The van der Waals surface area contributed by atoms with Gasteiger partial charge in [-0.2, -0.15) is 0 Å². The number of benzene rings is 1. The minimum atomic E-state index is -3.25. The highest BCUT2D eigenvalue weighted by Crippen LogP contribution is 2.27. The molecule has 0 amide bonds. The van der Waals surface area contributed by atoms with Gasteiger partial charge in [-0.1, -0.05) is 0 Å². The number of sulfone groups is 1. The van der Waals surface area contributed by atoms with Crippen LogP contribution in [0.25, 0.3) is 11.0 Å². The second-order valence-corrected chi connectivity index (χ2v) is 8.59. The fourth-order valence-corrected chi connectivity index (χ4v) is 3.94. The van der Waals surface area contributed by atoms with Crippen LogP contribution in [0, 0.1) is 0 Å². The number of hydrogen-bond acceptors (Lipinski definition) is 6. The van der Waals surface area contributed by atoms with Crippen molar-refractivity contribution in [1.29, 1.82) is 0 Å². The number of nitrogens with zero attached hydrogens (tertiary/aromatic N) is 4. The number of aromatic nitrogens is 4. The van der Waals surface area contributed by atoms with Crippen LogP contribution in [0.4, 0.5) is 0 Å². The Bertz CT molecular complexity index is 1050. The Morgan fingerprint density at radius 3 is 2.96 bits per heavy atom. The van der Waals surface area contributed by atoms with E-state index in [1.165, 1.54) is 6.26 Å². The van der Waals surface area contributed by atoms with E-state index in [0.29, 0.717) is 31.8 Å². The molecule has 0 aliphatic carbocycles. The fraction of sp³-hybridized carbons (Fsp3) is 0.412. The molecule has 0 bridgehead atoms. The second-order valence-electron chi connectivity index (χ2n) is 6.57. The largest absolute Gasteiger partial charge is 0.371 e. The van der Waals surface area contributed by atoms with Gasteiger partial charge in [0.05, 0.1) is 35.1 Å². The molecular weight excluding hydrogens is 354 g/mol. The van der Waals surface area contributed by atoms with Crippen LogP contribution in [-0.2, 0) is 34.8 Å². The molecule has 1 aliphatic rings. The lowest BCUT2D eigenvalue weighted by Crippen LogP contribution is -2.33. The quantitative estimate of drug-likeness (QED) is 0.716. The maximum Gasteiger partial charge on any atom is 0.175 e. The lowest BCUT2D eigenvalue weighted by atomic mass is 10.2. The highest BCUT2D eigenvalue weighted by Gasteiger charge is 2.24. The molecule has 1 aliphatic heterocycles. The highest BCUT2D eigenvalue weighted by atomic mass is 32.2. The summed E-state index contributed by atoms with van der Waals surface area (Å²) in [5.74, 6) is 1.79. The molecule has 0 saturated heterocycles. The molecule has 0 unspecified atom stereocenters. The third kappa shape index (κ3) is 3.13. The summed E-state index contributed by atoms with van der Waals surface area (Å²) in [6.45, 7) is 2.39. The first-order valence-electron chi connectivity index (χ1n) is 8.39. The number of hydrogen-bond donors (Lipinski definition) is 1. The zero-order chi connectivity index (χ0) is 18.3. The van der Waals surface area contributed by atoms with Gasteiger partial charge in [-0.15, -0.1) is 0 Å². The van der Waals surface area contributed by atoms with Crippen molar-refractivity contribution < 1.29 is 13.2 Å². The van der Waals surface area contributed by atoms with Gasteiger partial charge < -0.3 is 19.2 Å². The SMILES string of the molecule is Cn1ccnc1CNC[C@H]1COCc2nc3cc(S(C)(=O)=O)ccc3n21. The lowest BCUT2D eigenvalue weighted by Gasteiger charge is -2.26. The van der Waals surface area contributed by atoms with Gasteiger partial charge in [0, 0.05) is 32.2 Å². The smallest absolute Gasteiger partial charge is 0.175 e. The van der Waals surface area contributed by atoms with Crippen molar-refractivity contribution in [3.05, 3.63) is 42.2 Å². The predicted octanol–water partition coefficient (Wildman–Crippen LogP) is 1.03. The van der Waals surface area contributed by atoms with E-state index in [-0.39, 0.29) is 10.9 Å². The molecule has 0 spiro atoms. The lowest BCUT2D eigenvalue weighted by molar-refractivity contribution is 0.0563. The minimum Gasteiger partial charge on any atom is -0.371 e. The Kier molecular flexibility index (Phi) is 4.29. The van der Waals surface area contributed by atoms with Gasteiger partial charge in [0.15, 0.2) is 9.84 Å². The Morgan fingerprint density at radius 2 is 2.23 bits per heavy atom. The number of rotatable bonds is 5. The zero-order valence-electron chi connectivity index (χ0n) is 14.7. The zero-order valence-corrected chi connectivity index (χ0v) is 15.5. The minimum absolute atomic E-state index is 0.0908. The van der Waals surface area contributed by atoms with Crippen LogP contribution in [0.5, 0.6) is 0 Å². The highest BCUT2D eigenvalue weighted by molar-refractivity contribution is 7.90. The van der Waals surface area contributed by atoms with Gasteiger partial charge in [-0.3, -0.25) is 0 Å². The van der Waals surface area contributed by atoms with Gasteiger partial charge in [0.1, 0.15) is 18.3 Å². The van der Waals surface area contributed by atoms with E-state index in [4.69, 9.17) is 4.74 Å². The summed E-state index contributed by atoms with van der Waals surface area (Å²) in [5, 5.41) is 3.42. The Morgan fingerprint density at radius 1 is 1.38 bits per heavy atom. The van der Waals surface area contributed by atoms with E-state index < -0.39 is 9.84 Å². The normalized spacial score (nSPS) is 17.5. The average molecular weight is 375 g/mol. The fourth-order valence-electron chi connectivity index (χ4n) is 3.30. The van der Waals surface area contributed by atoms with Gasteiger partial charge in [-0.05, 0) is 18.2 Å². The number of aryl methyl sites for hydroxylation is 1. The summed E-state index contributed by atoms with van der Waals surface area (Å²) in [6, 6.07) is 5.20. The molecule has 0 radical (unpaired) electrons. The molecule has 1 aromatic carbocycles. The van der Waals surface area contributed by atoms with Crippen LogP contribution in [0.1, 0.15) is 17.7 Å². The number of imidazole rings is 2. The number of fused-ring (bicyclic) bond motifs is 3. The summed E-state index contributed by atoms with van der Waals surface area (Å²) in [4.78, 5) is 9.17. The molecular formula is C17H21N5O3S. The van der Waals surface area contributed by atoms with Crippen LogP contribution in [0.3, 0.4) is 0 Å². The molecule has 4 rings (SSSR count). The molecule has 1 N–H and O–H groups in total. The van der Waals surface area contributed by atoms with Gasteiger partial charge >= 0.3 is 0 Å². The van der Waals surface area contributed by atoms with E-state index in [0.717, 1.165) is 17.2 Å². The summed E-state index contributed by atoms with van der Waals surface area (Å²) in [7, 11) is -1.29.